The molecular formula is C18H21N3. The number of nitrogen functional groups attached to an aromatic ring is 1. The third-order valence-corrected chi connectivity index (χ3v) is 4.06. The molecule has 0 amide bonds. The Bertz CT molecular complexity index is 742. The average Bonchev–Trinajstić information content (AvgIpc) is 2.83. The van der Waals surface area contributed by atoms with Crippen molar-refractivity contribution in [3.63, 3.8) is 0 Å². The van der Waals surface area contributed by atoms with Crippen LogP contribution in [-0.4, -0.2) is 9.55 Å². The highest BCUT2D eigenvalue weighted by Crippen LogP contribution is 2.30. The Hall–Kier alpha value is -2.29. The quantitative estimate of drug-likeness (QED) is 0.785. The number of fused-ring (bicyclic) bond motifs is 1. The van der Waals surface area contributed by atoms with E-state index in [1.54, 1.807) is 0 Å². The van der Waals surface area contributed by atoms with E-state index in [1.165, 1.54) is 5.56 Å². The Labute approximate surface area is 125 Å². The van der Waals surface area contributed by atoms with Gasteiger partial charge in [0.25, 0.3) is 0 Å². The predicted molar refractivity (Wildman–Crippen MR) is 88.2 cm³/mol. The van der Waals surface area contributed by atoms with Crippen LogP contribution in [0.3, 0.4) is 0 Å². The molecule has 0 atom stereocenters. The number of aromatic nitrogens is 2. The maximum absolute atomic E-state index is 6.16. The maximum atomic E-state index is 6.16. The number of anilines is 1. The molecule has 21 heavy (non-hydrogen) atoms. The van der Waals surface area contributed by atoms with Gasteiger partial charge in [-0.3, -0.25) is 0 Å². The van der Waals surface area contributed by atoms with Crippen molar-refractivity contribution in [3.8, 4) is 0 Å². The van der Waals surface area contributed by atoms with Crippen LogP contribution in [0.15, 0.2) is 54.6 Å². The van der Waals surface area contributed by atoms with Gasteiger partial charge in [0.2, 0.25) is 5.95 Å². The zero-order valence-corrected chi connectivity index (χ0v) is 12.6. The molecule has 1 aromatic heterocycles. The molecule has 0 spiro atoms. The van der Waals surface area contributed by atoms with E-state index in [0.29, 0.717) is 5.95 Å². The van der Waals surface area contributed by atoms with Gasteiger partial charge < -0.3 is 10.3 Å². The lowest BCUT2D eigenvalue weighted by Crippen LogP contribution is -2.28. The van der Waals surface area contributed by atoms with Crippen LogP contribution in [0.4, 0.5) is 5.95 Å². The van der Waals surface area contributed by atoms with E-state index in [0.717, 1.165) is 23.9 Å². The van der Waals surface area contributed by atoms with Gasteiger partial charge in [0.1, 0.15) is 0 Å². The normalized spacial score (nSPS) is 11.9. The van der Waals surface area contributed by atoms with Crippen LogP contribution >= 0.6 is 0 Å². The monoisotopic (exact) mass is 279 g/mol. The van der Waals surface area contributed by atoms with Crippen molar-refractivity contribution < 1.29 is 0 Å². The summed E-state index contributed by atoms with van der Waals surface area (Å²) in [4.78, 5) is 4.48. The molecule has 3 heteroatoms. The van der Waals surface area contributed by atoms with E-state index in [-0.39, 0.29) is 5.54 Å². The number of rotatable bonds is 4. The minimum absolute atomic E-state index is 0.0734. The summed E-state index contributed by atoms with van der Waals surface area (Å²) in [5.74, 6) is 0.592. The van der Waals surface area contributed by atoms with E-state index in [1.807, 2.05) is 18.2 Å². The first kappa shape index (κ1) is 13.7. The van der Waals surface area contributed by atoms with Crippen LogP contribution in [0.2, 0.25) is 0 Å². The molecule has 0 saturated carbocycles. The van der Waals surface area contributed by atoms with Crippen LogP contribution in [0, 0.1) is 0 Å². The van der Waals surface area contributed by atoms with Crippen molar-refractivity contribution in [1.82, 2.24) is 9.55 Å². The Morgan fingerprint density at radius 2 is 1.67 bits per heavy atom. The largest absolute Gasteiger partial charge is 0.369 e. The molecule has 0 aliphatic rings. The van der Waals surface area contributed by atoms with Crippen LogP contribution in [0.1, 0.15) is 25.8 Å². The molecule has 2 aromatic carbocycles. The van der Waals surface area contributed by atoms with E-state index in [2.05, 4.69) is 59.8 Å². The summed E-state index contributed by atoms with van der Waals surface area (Å²) >= 11 is 0. The van der Waals surface area contributed by atoms with Crippen LogP contribution < -0.4 is 5.73 Å². The lowest BCUT2D eigenvalue weighted by molar-refractivity contribution is 0.342. The first-order valence-corrected chi connectivity index (χ1v) is 7.35. The molecule has 0 radical (unpaired) electrons. The minimum Gasteiger partial charge on any atom is -0.369 e. The number of nitrogens with two attached hydrogens (primary N) is 1. The average molecular weight is 279 g/mol. The van der Waals surface area contributed by atoms with E-state index in [4.69, 9.17) is 5.73 Å². The van der Waals surface area contributed by atoms with Gasteiger partial charge in [-0.25, -0.2) is 4.98 Å². The SMILES string of the molecule is CC(C)(CCc1ccccc1)n1c(N)nc2ccccc21. The fourth-order valence-electron chi connectivity index (χ4n) is 2.89. The van der Waals surface area contributed by atoms with Gasteiger partial charge in [0.05, 0.1) is 11.0 Å². The summed E-state index contributed by atoms with van der Waals surface area (Å²) in [5, 5.41) is 0. The standard InChI is InChI=1S/C18H21N3/c1-18(2,13-12-14-8-4-3-5-9-14)21-16-11-7-6-10-15(16)20-17(21)19/h3-11H,12-13H2,1-2H3,(H2,19,20). The van der Waals surface area contributed by atoms with Crippen molar-refractivity contribution >= 4 is 17.0 Å². The molecule has 3 rings (SSSR count). The molecule has 108 valence electrons. The highest BCUT2D eigenvalue weighted by molar-refractivity contribution is 5.78. The number of imidazole rings is 1. The van der Waals surface area contributed by atoms with Crippen LogP contribution in [-0.2, 0) is 12.0 Å². The fraction of sp³-hybridized carbons (Fsp3) is 0.278. The summed E-state index contributed by atoms with van der Waals surface area (Å²) in [6, 6.07) is 18.7. The molecule has 0 aliphatic carbocycles. The van der Waals surface area contributed by atoms with Crippen molar-refractivity contribution in [2.24, 2.45) is 0 Å². The van der Waals surface area contributed by atoms with E-state index in [9.17, 15) is 0 Å². The molecular weight excluding hydrogens is 258 g/mol. The first-order valence-electron chi connectivity index (χ1n) is 7.35. The van der Waals surface area contributed by atoms with Gasteiger partial charge in [0.15, 0.2) is 0 Å². The molecule has 1 heterocycles. The second-order valence-electron chi connectivity index (χ2n) is 6.09. The van der Waals surface area contributed by atoms with Crippen molar-refractivity contribution in [1.29, 1.82) is 0 Å². The molecule has 0 fully saturated rings. The lowest BCUT2D eigenvalue weighted by atomic mass is 9.94. The topological polar surface area (TPSA) is 43.8 Å². The summed E-state index contributed by atoms with van der Waals surface area (Å²) in [7, 11) is 0. The molecule has 0 aliphatic heterocycles. The van der Waals surface area contributed by atoms with Crippen molar-refractivity contribution in [3.05, 3.63) is 60.2 Å². The zero-order chi connectivity index (χ0) is 14.9. The third-order valence-electron chi connectivity index (χ3n) is 4.06. The summed E-state index contributed by atoms with van der Waals surface area (Å²) in [6.45, 7) is 4.45. The summed E-state index contributed by atoms with van der Waals surface area (Å²) in [5.41, 5.74) is 9.51. The van der Waals surface area contributed by atoms with Crippen molar-refractivity contribution in [2.45, 2.75) is 32.2 Å². The number of hydrogen-bond donors (Lipinski definition) is 1. The summed E-state index contributed by atoms with van der Waals surface area (Å²) in [6.07, 6.45) is 2.04. The van der Waals surface area contributed by atoms with E-state index < -0.39 is 0 Å². The summed E-state index contributed by atoms with van der Waals surface area (Å²) < 4.78 is 2.16. The highest BCUT2D eigenvalue weighted by atomic mass is 15.2. The molecule has 3 nitrogen and oxygen atoms in total. The van der Waals surface area contributed by atoms with E-state index >= 15 is 0 Å². The zero-order valence-electron chi connectivity index (χ0n) is 12.6. The Morgan fingerprint density at radius 3 is 2.43 bits per heavy atom. The second kappa shape index (κ2) is 5.24. The first-order chi connectivity index (χ1) is 10.1. The predicted octanol–water partition coefficient (Wildman–Crippen LogP) is 3.99. The number of para-hydroxylation sites is 2. The minimum atomic E-state index is -0.0734. The van der Waals surface area contributed by atoms with Gasteiger partial charge in [-0.15, -0.1) is 0 Å². The molecule has 0 saturated heterocycles. The van der Waals surface area contributed by atoms with Crippen LogP contribution in [0.25, 0.3) is 11.0 Å². The van der Waals surface area contributed by atoms with Gasteiger partial charge >= 0.3 is 0 Å². The maximum Gasteiger partial charge on any atom is 0.201 e. The lowest BCUT2D eigenvalue weighted by Gasteiger charge is -2.28. The number of aryl methyl sites for hydroxylation is 1. The second-order valence-corrected chi connectivity index (χ2v) is 6.09. The number of hydrogen-bond acceptors (Lipinski definition) is 2. The Kier molecular flexibility index (Phi) is 3.42. The van der Waals surface area contributed by atoms with Gasteiger partial charge in [-0.2, -0.15) is 0 Å². The Balaban J connectivity index is 1.91. The number of benzene rings is 2. The Morgan fingerprint density at radius 1 is 1.00 bits per heavy atom. The smallest absolute Gasteiger partial charge is 0.201 e. The van der Waals surface area contributed by atoms with Gasteiger partial charge in [0, 0.05) is 5.54 Å². The highest BCUT2D eigenvalue weighted by Gasteiger charge is 2.24. The molecule has 3 aromatic rings. The van der Waals surface area contributed by atoms with Crippen LogP contribution in [0.5, 0.6) is 0 Å². The molecule has 0 unspecified atom stereocenters. The number of nitrogens with zero attached hydrogens (tertiary/aromatic N) is 2. The van der Waals surface area contributed by atoms with Gasteiger partial charge in [-0.05, 0) is 44.4 Å². The third kappa shape index (κ3) is 2.64. The molecule has 2 N–H and O–H groups in total. The molecule has 0 bridgehead atoms. The van der Waals surface area contributed by atoms with Crippen molar-refractivity contribution in [2.75, 3.05) is 5.73 Å². The van der Waals surface area contributed by atoms with Gasteiger partial charge in [-0.1, -0.05) is 42.5 Å². The fourth-order valence-corrected chi connectivity index (χ4v) is 2.89.